The molecule has 1 aromatic carbocycles. The number of H-pyrrole nitrogens is 1. The van der Waals surface area contributed by atoms with Crippen LogP contribution in [0.25, 0.3) is 11.0 Å². The first-order valence-electron chi connectivity index (χ1n) is 12.3. The fourth-order valence-electron chi connectivity index (χ4n) is 4.70. The summed E-state index contributed by atoms with van der Waals surface area (Å²) in [7, 11) is 1.44. The Bertz CT molecular complexity index is 1260. The number of benzene rings is 1. The number of anilines is 1. The summed E-state index contributed by atoms with van der Waals surface area (Å²) in [6.07, 6.45) is 4.16. The minimum Gasteiger partial charge on any atom is -0.507 e. The average Bonchev–Trinajstić information content (AvgIpc) is 3.25. The Hall–Kier alpha value is -3.27. The molecule has 1 aliphatic carbocycles. The van der Waals surface area contributed by atoms with Crippen LogP contribution in [0.3, 0.4) is 0 Å². The van der Waals surface area contributed by atoms with E-state index in [0.717, 1.165) is 36.9 Å². The first kappa shape index (κ1) is 24.8. The lowest BCUT2D eigenvalue weighted by Gasteiger charge is -2.25. The number of hydrogen-bond donors (Lipinski definition) is 5. The Kier molecular flexibility index (Phi) is 7.20. The lowest BCUT2D eigenvalue weighted by molar-refractivity contribution is 0.367. The van der Waals surface area contributed by atoms with Crippen LogP contribution in [-0.4, -0.2) is 49.2 Å². The van der Waals surface area contributed by atoms with Crippen LogP contribution in [0.5, 0.6) is 17.2 Å². The average molecular weight is 484 g/mol. The van der Waals surface area contributed by atoms with E-state index in [1.807, 2.05) is 0 Å². The molecule has 0 spiro atoms. The standard InChI is InChI=1S/C25H37N7O3/c1-13(2)21-23-22(31-30-21)24(27-12-15-10-19(34)20(35-5)11-18(15)33)29-25(32(23)14(3)4)28-17-9-7-6-8-16(17)26/h10-11,13-14,16-17,33-34H,6-9,12,26H2,1-5H3,(H,30,31)(H,27,28,29). The fraction of sp³-hybridized carbons (Fsp3) is 0.560. The van der Waals surface area contributed by atoms with Crippen LogP contribution in [0, 0.1) is 0 Å². The van der Waals surface area contributed by atoms with Gasteiger partial charge in [0, 0.05) is 30.3 Å². The number of phenols is 2. The molecule has 0 bridgehead atoms. The number of aromatic hydroxyl groups is 2. The number of ether oxygens (including phenoxy) is 1. The van der Waals surface area contributed by atoms with Gasteiger partial charge in [-0.1, -0.05) is 26.7 Å². The zero-order chi connectivity index (χ0) is 25.3. The second-order valence-electron chi connectivity index (χ2n) is 9.86. The number of fused-ring (bicyclic) bond motifs is 1. The van der Waals surface area contributed by atoms with Gasteiger partial charge in [0.1, 0.15) is 5.75 Å². The summed E-state index contributed by atoms with van der Waals surface area (Å²) < 4.78 is 7.21. The fourth-order valence-corrected chi connectivity index (χ4v) is 4.70. The molecule has 1 fully saturated rings. The number of nitrogens with two attached hydrogens (primary N) is 1. The highest BCUT2D eigenvalue weighted by Gasteiger charge is 2.24. The zero-order valence-electron chi connectivity index (χ0n) is 21.2. The molecule has 0 amide bonds. The molecule has 1 saturated carbocycles. The van der Waals surface area contributed by atoms with Crippen LogP contribution in [0.1, 0.15) is 76.6 Å². The van der Waals surface area contributed by atoms with E-state index in [4.69, 9.17) is 20.4 Å². The Morgan fingerprint density at radius 2 is 1.94 bits per heavy atom. The lowest BCUT2D eigenvalue weighted by atomic mass is 9.91. The molecular weight excluding hydrogens is 446 g/mol. The quantitative estimate of drug-likeness (QED) is 0.322. The third kappa shape index (κ3) is 4.93. The molecule has 4 rings (SSSR count). The second-order valence-corrected chi connectivity index (χ2v) is 9.86. The van der Waals surface area contributed by atoms with Crippen molar-refractivity contribution in [2.24, 2.45) is 10.7 Å². The molecule has 2 unspecified atom stereocenters. The van der Waals surface area contributed by atoms with Gasteiger partial charge in [0.15, 0.2) is 22.8 Å². The monoisotopic (exact) mass is 483 g/mol. The van der Waals surface area contributed by atoms with Gasteiger partial charge in [0.05, 0.1) is 24.4 Å². The van der Waals surface area contributed by atoms with E-state index in [1.54, 1.807) is 0 Å². The van der Waals surface area contributed by atoms with E-state index in [9.17, 15) is 10.2 Å². The molecule has 2 atom stereocenters. The first-order valence-corrected chi connectivity index (χ1v) is 12.3. The number of nitrogens with zero attached hydrogens (tertiary/aromatic N) is 4. The van der Waals surface area contributed by atoms with Gasteiger partial charge < -0.3 is 30.6 Å². The number of rotatable bonds is 7. The molecule has 1 aliphatic rings. The Morgan fingerprint density at radius 3 is 2.60 bits per heavy atom. The molecule has 10 heteroatoms. The molecule has 0 saturated heterocycles. The van der Waals surface area contributed by atoms with Crippen molar-refractivity contribution < 1.29 is 14.9 Å². The van der Waals surface area contributed by atoms with Gasteiger partial charge in [-0.25, -0.2) is 4.99 Å². The Morgan fingerprint density at radius 1 is 1.20 bits per heavy atom. The normalized spacial score (nSPS) is 19.1. The highest BCUT2D eigenvalue weighted by Crippen LogP contribution is 2.34. The third-order valence-electron chi connectivity index (χ3n) is 6.64. The van der Waals surface area contributed by atoms with E-state index in [0.29, 0.717) is 22.5 Å². The maximum atomic E-state index is 10.4. The molecule has 35 heavy (non-hydrogen) atoms. The van der Waals surface area contributed by atoms with Crippen LogP contribution in [0.2, 0.25) is 0 Å². The number of nitrogens with one attached hydrogen (secondary N) is 2. The lowest BCUT2D eigenvalue weighted by Crippen LogP contribution is -2.39. The number of methoxy groups -OCH3 is 1. The molecular formula is C25H37N7O3. The number of phenolic OH excluding ortho intramolecular Hbond substituents is 2. The van der Waals surface area contributed by atoms with Crippen molar-refractivity contribution in [2.45, 2.75) is 84.0 Å². The first-order chi connectivity index (χ1) is 16.7. The molecule has 6 N–H and O–H groups in total. The van der Waals surface area contributed by atoms with Gasteiger partial charge in [-0.15, -0.1) is 0 Å². The van der Waals surface area contributed by atoms with E-state index in [-0.39, 0.29) is 47.8 Å². The molecule has 190 valence electrons. The van der Waals surface area contributed by atoms with E-state index < -0.39 is 0 Å². The van der Waals surface area contributed by atoms with Gasteiger partial charge in [0.25, 0.3) is 0 Å². The van der Waals surface area contributed by atoms with E-state index >= 15 is 0 Å². The summed E-state index contributed by atoms with van der Waals surface area (Å²) >= 11 is 0. The largest absolute Gasteiger partial charge is 0.507 e. The van der Waals surface area contributed by atoms with Crippen molar-refractivity contribution in [2.75, 3.05) is 12.4 Å². The van der Waals surface area contributed by atoms with Crippen LogP contribution >= 0.6 is 0 Å². The van der Waals surface area contributed by atoms with E-state index in [1.165, 1.54) is 19.2 Å². The molecule has 10 nitrogen and oxygen atoms in total. The highest BCUT2D eigenvalue weighted by molar-refractivity contribution is 5.87. The smallest absolute Gasteiger partial charge is 0.227 e. The van der Waals surface area contributed by atoms with Crippen LogP contribution < -0.4 is 21.4 Å². The molecule has 3 aromatic rings. The van der Waals surface area contributed by atoms with Crippen molar-refractivity contribution in [3.63, 3.8) is 0 Å². The van der Waals surface area contributed by atoms with Crippen LogP contribution in [0.4, 0.5) is 5.82 Å². The minimum absolute atomic E-state index is 0.0135. The van der Waals surface area contributed by atoms with Crippen LogP contribution in [0.15, 0.2) is 17.1 Å². The third-order valence-corrected chi connectivity index (χ3v) is 6.64. The zero-order valence-corrected chi connectivity index (χ0v) is 21.2. The number of aromatic amines is 1. The highest BCUT2D eigenvalue weighted by atomic mass is 16.5. The van der Waals surface area contributed by atoms with Gasteiger partial charge in [-0.2, -0.15) is 10.1 Å². The summed E-state index contributed by atoms with van der Waals surface area (Å²) in [6.45, 7) is 8.70. The predicted octanol–water partition coefficient (Wildman–Crippen LogP) is 3.67. The van der Waals surface area contributed by atoms with Gasteiger partial charge in [0.2, 0.25) is 5.62 Å². The minimum atomic E-state index is -0.0465. The molecule has 2 heterocycles. The van der Waals surface area contributed by atoms with Crippen molar-refractivity contribution >= 4 is 16.9 Å². The SMILES string of the molecule is COc1cc(O)c(CNc2nc(=NC3CCCCC3N)n(C(C)C)c3c(C(C)C)[nH]nc23)cc1O. The van der Waals surface area contributed by atoms with Gasteiger partial charge in [-0.3, -0.25) is 5.10 Å². The van der Waals surface area contributed by atoms with Crippen molar-refractivity contribution in [3.8, 4) is 17.2 Å². The van der Waals surface area contributed by atoms with Gasteiger partial charge in [-0.05, 0) is 38.7 Å². The maximum absolute atomic E-state index is 10.4. The van der Waals surface area contributed by atoms with Crippen molar-refractivity contribution in [1.82, 2.24) is 19.7 Å². The molecule has 2 aromatic heterocycles. The molecule has 0 aliphatic heterocycles. The number of aromatic nitrogens is 4. The predicted molar refractivity (Wildman–Crippen MR) is 136 cm³/mol. The van der Waals surface area contributed by atoms with Crippen molar-refractivity contribution in [3.05, 3.63) is 29.0 Å². The summed E-state index contributed by atoms with van der Waals surface area (Å²) in [5.41, 5.74) is 10.2. The Labute approximate surface area is 205 Å². The Balaban J connectivity index is 1.84. The van der Waals surface area contributed by atoms with Crippen LogP contribution in [-0.2, 0) is 6.54 Å². The summed E-state index contributed by atoms with van der Waals surface area (Å²) in [6, 6.07) is 3.01. The second kappa shape index (κ2) is 10.2. The van der Waals surface area contributed by atoms with Crippen molar-refractivity contribution in [1.29, 1.82) is 0 Å². The molecule has 0 radical (unpaired) electrons. The number of hydrogen-bond acceptors (Lipinski definition) is 8. The topological polar surface area (TPSA) is 147 Å². The summed E-state index contributed by atoms with van der Waals surface area (Å²) in [5, 5.41) is 31.7. The van der Waals surface area contributed by atoms with Gasteiger partial charge >= 0.3 is 0 Å². The summed E-state index contributed by atoms with van der Waals surface area (Å²) in [4.78, 5) is 9.96. The van der Waals surface area contributed by atoms with E-state index in [2.05, 4.69) is 47.8 Å². The summed E-state index contributed by atoms with van der Waals surface area (Å²) in [5.74, 6) is 0.947. The maximum Gasteiger partial charge on any atom is 0.227 e.